The molecule has 0 unspecified atom stereocenters. The summed E-state index contributed by atoms with van der Waals surface area (Å²) in [4.78, 5) is 24.9. The third-order valence-electron chi connectivity index (χ3n) is 5.10. The molecule has 0 aliphatic heterocycles. The maximum atomic E-state index is 12.5. The molecule has 0 aliphatic carbocycles. The number of fused-ring (bicyclic) bond motifs is 1. The van der Waals surface area contributed by atoms with Crippen LogP contribution in [-0.4, -0.2) is 19.3 Å². The summed E-state index contributed by atoms with van der Waals surface area (Å²) in [5, 5.41) is 6.63. The molecule has 0 heterocycles. The van der Waals surface area contributed by atoms with Crippen LogP contribution in [0.3, 0.4) is 0 Å². The minimum Gasteiger partial charge on any atom is -0.493 e. The van der Waals surface area contributed by atoms with Crippen LogP contribution in [0.5, 0.6) is 17.2 Å². The number of methoxy groups -OCH3 is 1. The summed E-state index contributed by atoms with van der Waals surface area (Å²) >= 11 is 0. The van der Waals surface area contributed by atoms with Crippen molar-refractivity contribution in [2.24, 2.45) is 0 Å². The van der Waals surface area contributed by atoms with E-state index in [-0.39, 0.29) is 17.2 Å². The van der Waals surface area contributed by atoms with Crippen molar-refractivity contribution >= 4 is 23.0 Å². The van der Waals surface area contributed by atoms with Gasteiger partial charge < -0.3 is 24.8 Å². The molecule has 4 aromatic carbocycles. The Hall–Kier alpha value is -4.52. The first kappa shape index (κ1) is 22.7. The highest BCUT2D eigenvalue weighted by Crippen LogP contribution is 2.41. The van der Waals surface area contributed by atoms with Gasteiger partial charge in [0.2, 0.25) is 0 Å². The van der Waals surface area contributed by atoms with Crippen molar-refractivity contribution in [3.8, 4) is 17.2 Å². The summed E-state index contributed by atoms with van der Waals surface area (Å²) in [5.74, 6) is 0.787. The first-order chi connectivity index (χ1) is 16.6. The van der Waals surface area contributed by atoms with Crippen molar-refractivity contribution in [3.05, 3.63) is 102 Å². The molecule has 0 saturated carbocycles. The van der Waals surface area contributed by atoms with Crippen LogP contribution in [0.25, 0.3) is 10.8 Å². The average Bonchev–Trinajstić information content (AvgIpc) is 2.88. The molecule has 0 atom stereocenters. The van der Waals surface area contributed by atoms with Crippen molar-refractivity contribution in [2.75, 3.05) is 7.11 Å². The van der Waals surface area contributed by atoms with Gasteiger partial charge in [-0.25, -0.2) is 9.59 Å². The molecule has 0 spiro atoms. The Morgan fingerprint density at radius 3 is 1.71 bits per heavy atom. The van der Waals surface area contributed by atoms with Gasteiger partial charge in [-0.2, -0.15) is 0 Å². The molecule has 172 valence electrons. The lowest BCUT2D eigenvalue weighted by Crippen LogP contribution is -2.27. The third kappa shape index (κ3) is 5.63. The van der Waals surface area contributed by atoms with E-state index in [1.165, 1.54) is 13.2 Å². The van der Waals surface area contributed by atoms with Crippen molar-refractivity contribution in [1.29, 1.82) is 0 Å². The zero-order chi connectivity index (χ0) is 23.8. The van der Waals surface area contributed by atoms with Gasteiger partial charge in [0, 0.05) is 29.9 Å². The number of nitrogens with one attached hydrogen (secondary N) is 2. The van der Waals surface area contributed by atoms with Gasteiger partial charge in [-0.1, -0.05) is 84.9 Å². The Bertz CT molecular complexity index is 1280. The van der Waals surface area contributed by atoms with Crippen molar-refractivity contribution in [2.45, 2.75) is 13.1 Å². The molecule has 2 N–H and O–H groups in total. The smallest absolute Gasteiger partial charge is 0.413 e. The minimum absolute atomic E-state index is 0.237. The summed E-state index contributed by atoms with van der Waals surface area (Å²) < 4.78 is 16.6. The SMILES string of the molecule is COc1cc(OC(=O)NCc2ccccc2)c2ccccc2c1OC(=O)NCc1ccccc1. The number of rotatable bonds is 7. The topological polar surface area (TPSA) is 85.9 Å². The van der Waals surface area contributed by atoms with E-state index in [9.17, 15) is 9.59 Å². The Morgan fingerprint density at radius 1 is 0.647 bits per heavy atom. The van der Waals surface area contributed by atoms with Crippen molar-refractivity contribution < 1.29 is 23.8 Å². The fourth-order valence-corrected chi connectivity index (χ4v) is 3.44. The van der Waals surface area contributed by atoms with E-state index in [0.29, 0.717) is 23.9 Å². The van der Waals surface area contributed by atoms with Crippen LogP contribution in [0.1, 0.15) is 11.1 Å². The van der Waals surface area contributed by atoms with E-state index in [0.717, 1.165) is 11.1 Å². The molecule has 0 aliphatic rings. The Kier molecular flexibility index (Phi) is 7.25. The van der Waals surface area contributed by atoms with Gasteiger partial charge in [0.05, 0.1) is 7.11 Å². The predicted molar refractivity (Wildman–Crippen MR) is 129 cm³/mol. The fourth-order valence-electron chi connectivity index (χ4n) is 3.44. The third-order valence-corrected chi connectivity index (χ3v) is 5.10. The average molecular weight is 456 g/mol. The highest BCUT2D eigenvalue weighted by molar-refractivity contribution is 5.98. The number of benzene rings is 4. The van der Waals surface area contributed by atoms with Gasteiger partial charge in [0.25, 0.3) is 0 Å². The van der Waals surface area contributed by atoms with Crippen LogP contribution in [0, 0.1) is 0 Å². The molecular formula is C27H24N2O5. The van der Waals surface area contributed by atoms with Crippen LogP contribution in [0.15, 0.2) is 91.0 Å². The summed E-state index contributed by atoms with van der Waals surface area (Å²) in [6.45, 7) is 0.653. The first-order valence-electron chi connectivity index (χ1n) is 10.7. The molecule has 4 aromatic rings. The largest absolute Gasteiger partial charge is 0.493 e. The summed E-state index contributed by atoms with van der Waals surface area (Å²) in [6, 6.07) is 27.7. The zero-order valence-corrected chi connectivity index (χ0v) is 18.6. The molecule has 0 fully saturated rings. The number of hydrogen-bond donors (Lipinski definition) is 2. The quantitative estimate of drug-likeness (QED) is 0.388. The van der Waals surface area contributed by atoms with Gasteiger partial charge >= 0.3 is 12.2 Å². The molecular weight excluding hydrogens is 432 g/mol. The minimum atomic E-state index is -0.624. The van der Waals surface area contributed by atoms with Crippen molar-refractivity contribution in [3.63, 3.8) is 0 Å². The second kappa shape index (κ2) is 10.9. The van der Waals surface area contributed by atoms with E-state index in [2.05, 4.69) is 10.6 Å². The lowest BCUT2D eigenvalue weighted by Gasteiger charge is -2.16. The molecule has 0 aromatic heterocycles. The lowest BCUT2D eigenvalue weighted by atomic mass is 10.1. The number of hydrogen-bond acceptors (Lipinski definition) is 5. The Balaban J connectivity index is 1.51. The normalized spacial score (nSPS) is 10.4. The predicted octanol–water partition coefficient (Wildman–Crippen LogP) is 5.43. The summed E-state index contributed by atoms with van der Waals surface area (Å²) in [5.41, 5.74) is 1.90. The maximum absolute atomic E-state index is 12.5. The van der Waals surface area contributed by atoms with Gasteiger partial charge in [-0.3, -0.25) is 0 Å². The van der Waals surface area contributed by atoms with Crippen molar-refractivity contribution in [1.82, 2.24) is 10.6 Å². The maximum Gasteiger partial charge on any atom is 0.413 e. The number of ether oxygens (including phenoxy) is 3. The standard InChI is InChI=1S/C27H24N2O5/c1-32-24-16-23(33-26(30)28-17-19-10-4-2-5-11-19)21-14-8-9-15-22(21)25(24)34-27(31)29-18-20-12-6-3-7-13-20/h2-16H,17-18H2,1H3,(H,28,30)(H,29,31). The molecule has 7 heteroatoms. The van der Waals surface area contributed by atoms with Crippen LogP contribution >= 0.6 is 0 Å². The first-order valence-corrected chi connectivity index (χ1v) is 10.7. The number of amides is 2. The molecule has 0 radical (unpaired) electrons. The highest BCUT2D eigenvalue weighted by Gasteiger charge is 2.19. The van der Waals surface area contributed by atoms with E-state index in [4.69, 9.17) is 14.2 Å². The highest BCUT2D eigenvalue weighted by atomic mass is 16.6. The zero-order valence-electron chi connectivity index (χ0n) is 18.6. The number of carbonyl (C=O) groups is 2. The molecule has 4 rings (SSSR count). The van der Waals surface area contributed by atoms with Crippen LogP contribution in [0.2, 0.25) is 0 Å². The van der Waals surface area contributed by atoms with Gasteiger partial charge in [0.15, 0.2) is 11.5 Å². The van der Waals surface area contributed by atoms with Crippen LogP contribution < -0.4 is 24.8 Å². The summed E-state index contributed by atoms with van der Waals surface area (Å²) in [7, 11) is 1.46. The van der Waals surface area contributed by atoms with E-state index in [1.807, 2.05) is 66.7 Å². The molecule has 0 bridgehead atoms. The molecule has 7 nitrogen and oxygen atoms in total. The van der Waals surface area contributed by atoms with E-state index in [1.54, 1.807) is 18.2 Å². The Labute approximate surface area is 197 Å². The summed E-state index contributed by atoms with van der Waals surface area (Å²) in [6.07, 6.45) is -1.23. The lowest BCUT2D eigenvalue weighted by molar-refractivity contribution is 0.196. The van der Waals surface area contributed by atoms with Crippen LogP contribution in [0.4, 0.5) is 9.59 Å². The van der Waals surface area contributed by atoms with E-state index >= 15 is 0 Å². The molecule has 0 saturated heterocycles. The second-order valence-corrected chi connectivity index (χ2v) is 7.41. The number of carbonyl (C=O) groups excluding carboxylic acids is 2. The molecule has 2 amide bonds. The monoisotopic (exact) mass is 456 g/mol. The fraction of sp³-hybridized carbons (Fsp3) is 0.111. The molecule has 34 heavy (non-hydrogen) atoms. The van der Waals surface area contributed by atoms with Gasteiger partial charge in [-0.05, 0) is 11.1 Å². The Morgan fingerprint density at radius 2 is 1.15 bits per heavy atom. The van der Waals surface area contributed by atoms with Crippen LogP contribution in [-0.2, 0) is 13.1 Å². The van der Waals surface area contributed by atoms with Gasteiger partial charge in [0.1, 0.15) is 5.75 Å². The second-order valence-electron chi connectivity index (χ2n) is 7.41. The van der Waals surface area contributed by atoms with Gasteiger partial charge in [-0.15, -0.1) is 0 Å². The van der Waals surface area contributed by atoms with E-state index < -0.39 is 12.2 Å².